The molecule has 2 aliphatic heterocycles. The van der Waals surface area contributed by atoms with Crippen molar-refractivity contribution in [1.29, 1.82) is 0 Å². The fraction of sp³-hybridized carbons (Fsp3) is 0.160. The van der Waals surface area contributed by atoms with Gasteiger partial charge in [0, 0.05) is 23.7 Å². The van der Waals surface area contributed by atoms with E-state index in [9.17, 15) is 9.59 Å². The molecule has 4 rings (SSSR count). The zero-order valence-corrected chi connectivity index (χ0v) is 20.5. The average molecular weight is 496 g/mol. The molecule has 2 aliphatic rings. The van der Waals surface area contributed by atoms with Gasteiger partial charge in [-0.05, 0) is 30.7 Å². The molecule has 2 aromatic rings. The second-order valence-electron chi connectivity index (χ2n) is 7.65. The highest BCUT2D eigenvalue weighted by molar-refractivity contribution is 8.27. The van der Waals surface area contributed by atoms with Crippen LogP contribution in [0.2, 0.25) is 5.02 Å². The molecule has 1 fully saturated rings. The van der Waals surface area contributed by atoms with Gasteiger partial charge in [0.2, 0.25) is 0 Å². The molecule has 0 unspecified atom stereocenters. The van der Waals surface area contributed by atoms with Crippen molar-refractivity contribution in [2.75, 3.05) is 29.6 Å². The number of carbonyl (C=O) groups excluding carboxylic acids is 2. The summed E-state index contributed by atoms with van der Waals surface area (Å²) in [6.45, 7) is 11.0. The molecule has 0 saturated carbocycles. The van der Waals surface area contributed by atoms with Crippen LogP contribution in [0.15, 0.2) is 72.7 Å². The van der Waals surface area contributed by atoms with Crippen molar-refractivity contribution in [1.82, 2.24) is 4.90 Å². The monoisotopic (exact) mass is 495 g/mol. The summed E-state index contributed by atoms with van der Waals surface area (Å²) in [6.07, 6.45) is 3.57. The lowest BCUT2D eigenvalue weighted by Gasteiger charge is -2.26. The van der Waals surface area contributed by atoms with Crippen LogP contribution in [0.25, 0.3) is 5.57 Å². The van der Waals surface area contributed by atoms with Crippen LogP contribution in [0, 0.1) is 6.92 Å². The van der Waals surface area contributed by atoms with E-state index in [1.807, 2.05) is 42.2 Å². The maximum Gasteiger partial charge on any atom is 0.271 e. The van der Waals surface area contributed by atoms with Crippen LogP contribution in [0.5, 0.6) is 0 Å². The average Bonchev–Trinajstić information content (AvgIpc) is 3.23. The number of halogens is 1. The first kappa shape index (κ1) is 23.4. The van der Waals surface area contributed by atoms with E-state index in [1.165, 1.54) is 4.90 Å². The smallest absolute Gasteiger partial charge is 0.271 e. The molecule has 0 aromatic heterocycles. The van der Waals surface area contributed by atoms with Gasteiger partial charge in [-0.2, -0.15) is 0 Å². The first-order chi connectivity index (χ1) is 15.9. The lowest BCUT2D eigenvalue weighted by molar-refractivity contribution is -0.115. The normalized spacial score (nSPS) is 17.8. The molecular weight excluding hydrogens is 474 g/mol. The van der Waals surface area contributed by atoms with Gasteiger partial charge in [0.15, 0.2) is 4.32 Å². The number of anilines is 2. The van der Waals surface area contributed by atoms with Gasteiger partial charge < -0.3 is 0 Å². The van der Waals surface area contributed by atoms with E-state index in [0.29, 0.717) is 45.3 Å². The van der Waals surface area contributed by atoms with Gasteiger partial charge in [-0.1, -0.05) is 72.0 Å². The molecule has 0 atom stereocenters. The number of hydrogen-bond donors (Lipinski definition) is 0. The third-order valence-electron chi connectivity index (χ3n) is 5.45. The summed E-state index contributed by atoms with van der Waals surface area (Å²) >= 11 is 13.0. The number of thiocarbonyl (C=S) groups is 1. The Morgan fingerprint density at radius 3 is 2.45 bits per heavy atom. The van der Waals surface area contributed by atoms with Crippen molar-refractivity contribution in [2.45, 2.75) is 6.92 Å². The summed E-state index contributed by atoms with van der Waals surface area (Å²) in [5.74, 6) is -0.546. The van der Waals surface area contributed by atoms with E-state index >= 15 is 0 Å². The molecular formula is C25H22ClN3O2S2. The van der Waals surface area contributed by atoms with Crippen LogP contribution in [0.3, 0.4) is 0 Å². The lowest BCUT2D eigenvalue weighted by Crippen LogP contribution is -2.40. The molecule has 168 valence electrons. The third-order valence-corrected chi connectivity index (χ3v) is 7.23. The molecule has 0 spiro atoms. The first-order valence-corrected chi connectivity index (χ1v) is 11.9. The van der Waals surface area contributed by atoms with E-state index in [2.05, 4.69) is 13.2 Å². The molecule has 2 heterocycles. The second-order valence-corrected chi connectivity index (χ2v) is 9.70. The number of thioether (sulfide) groups is 1. The fourth-order valence-electron chi connectivity index (χ4n) is 3.86. The Kier molecular flexibility index (Phi) is 6.86. The molecule has 0 aliphatic carbocycles. The first-order valence-electron chi connectivity index (χ1n) is 10.3. The number of hydrogen-bond acceptors (Lipinski definition) is 5. The Hall–Kier alpha value is -2.71. The molecule has 33 heavy (non-hydrogen) atoms. The summed E-state index contributed by atoms with van der Waals surface area (Å²) in [7, 11) is 0. The zero-order chi connectivity index (χ0) is 23.7. The number of carbonyl (C=O) groups is 2. The molecule has 0 bridgehead atoms. The van der Waals surface area contributed by atoms with Crippen LogP contribution in [0.1, 0.15) is 11.1 Å². The zero-order valence-electron chi connectivity index (χ0n) is 18.1. The number of fused-ring (bicyclic) bond motifs is 1. The number of nitrogens with zero attached hydrogens (tertiary/aromatic N) is 3. The third kappa shape index (κ3) is 4.29. The molecule has 8 heteroatoms. The minimum atomic E-state index is -0.320. The van der Waals surface area contributed by atoms with Crippen LogP contribution in [-0.4, -0.2) is 40.8 Å². The maximum absolute atomic E-state index is 13.6. The lowest BCUT2D eigenvalue weighted by atomic mass is 10.1. The Balaban J connectivity index is 1.75. The summed E-state index contributed by atoms with van der Waals surface area (Å²) in [4.78, 5) is 32.6. The molecule has 0 radical (unpaired) electrons. The summed E-state index contributed by atoms with van der Waals surface area (Å²) in [6, 6.07) is 12.9. The van der Waals surface area contributed by atoms with Gasteiger partial charge in [-0.25, -0.2) is 0 Å². The number of amides is 2. The SMILES string of the molecule is C=CCN(CC=C)CN1C(=O)/C(=C2\SC(=S)N(c3ccc(C)c(Cl)c3)C2=O)c2ccccc21. The fourth-order valence-corrected chi connectivity index (χ4v) is 5.40. The standard InChI is InChI=1S/C25H22ClN3O2S2/c1-4-12-27(13-5-2)15-28-20-9-7-6-8-18(20)21(23(28)30)22-24(31)29(25(32)33-22)17-11-10-16(3)19(26)14-17/h4-11,14H,1-2,12-13,15H2,3H3/b22-21-. The predicted molar refractivity (Wildman–Crippen MR) is 142 cm³/mol. The quantitative estimate of drug-likeness (QED) is 0.292. The highest BCUT2D eigenvalue weighted by atomic mass is 35.5. The van der Waals surface area contributed by atoms with E-state index in [4.69, 9.17) is 23.8 Å². The number of rotatable bonds is 7. The van der Waals surface area contributed by atoms with Gasteiger partial charge in [-0.15, -0.1) is 13.2 Å². The largest absolute Gasteiger partial charge is 0.294 e. The van der Waals surface area contributed by atoms with Crippen LogP contribution in [0.4, 0.5) is 11.4 Å². The number of benzene rings is 2. The van der Waals surface area contributed by atoms with Crippen LogP contribution in [-0.2, 0) is 9.59 Å². The number of para-hydroxylation sites is 1. The highest BCUT2D eigenvalue weighted by Gasteiger charge is 2.42. The highest BCUT2D eigenvalue weighted by Crippen LogP contribution is 2.45. The van der Waals surface area contributed by atoms with Crippen molar-refractivity contribution < 1.29 is 9.59 Å². The van der Waals surface area contributed by atoms with E-state index in [0.717, 1.165) is 28.6 Å². The second kappa shape index (κ2) is 9.65. The Labute approximate surface area is 208 Å². The van der Waals surface area contributed by atoms with Crippen LogP contribution >= 0.6 is 35.6 Å². The van der Waals surface area contributed by atoms with Crippen molar-refractivity contribution in [2.24, 2.45) is 0 Å². The van der Waals surface area contributed by atoms with Crippen LogP contribution < -0.4 is 9.80 Å². The Morgan fingerprint density at radius 2 is 1.79 bits per heavy atom. The summed E-state index contributed by atoms with van der Waals surface area (Å²) in [5, 5.41) is 0.548. The number of aryl methyl sites for hydroxylation is 1. The van der Waals surface area contributed by atoms with Gasteiger partial charge in [0.05, 0.1) is 28.5 Å². The minimum Gasteiger partial charge on any atom is -0.294 e. The summed E-state index contributed by atoms with van der Waals surface area (Å²) in [5.41, 5.74) is 3.35. The molecule has 0 N–H and O–H groups in total. The molecule has 5 nitrogen and oxygen atoms in total. The molecule has 1 saturated heterocycles. The van der Waals surface area contributed by atoms with Crippen molar-refractivity contribution in [3.05, 3.63) is 88.8 Å². The molecule has 2 aromatic carbocycles. The Morgan fingerprint density at radius 1 is 1.09 bits per heavy atom. The van der Waals surface area contributed by atoms with E-state index in [-0.39, 0.29) is 11.8 Å². The van der Waals surface area contributed by atoms with Gasteiger partial charge in [0.1, 0.15) is 0 Å². The predicted octanol–water partition coefficient (Wildman–Crippen LogP) is 5.40. The Bertz CT molecular complexity index is 1210. The summed E-state index contributed by atoms with van der Waals surface area (Å²) < 4.78 is 0.367. The van der Waals surface area contributed by atoms with Gasteiger partial charge in [-0.3, -0.25) is 24.3 Å². The molecule has 2 amide bonds. The van der Waals surface area contributed by atoms with E-state index in [1.54, 1.807) is 29.2 Å². The van der Waals surface area contributed by atoms with Gasteiger partial charge >= 0.3 is 0 Å². The topological polar surface area (TPSA) is 43.9 Å². The van der Waals surface area contributed by atoms with E-state index < -0.39 is 0 Å². The minimum absolute atomic E-state index is 0.225. The van der Waals surface area contributed by atoms with Crippen molar-refractivity contribution >= 4 is 68.7 Å². The maximum atomic E-state index is 13.6. The van der Waals surface area contributed by atoms with Crippen molar-refractivity contribution in [3.8, 4) is 0 Å². The van der Waals surface area contributed by atoms with Crippen molar-refractivity contribution in [3.63, 3.8) is 0 Å². The van der Waals surface area contributed by atoms with Gasteiger partial charge in [0.25, 0.3) is 11.8 Å².